The molecule has 0 spiro atoms. The Morgan fingerprint density at radius 3 is 1.79 bits per heavy atom. The summed E-state index contributed by atoms with van der Waals surface area (Å²) < 4.78 is 32.5. The molecule has 0 aromatic heterocycles. The normalized spacial score (nSPS) is 14.7. The maximum absolute atomic E-state index is 12.6. The molecule has 4 N–H and O–H groups in total. The Morgan fingerprint density at radius 1 is 0.643 bits per heavy atom. The van der Waals surface area contributed by atoms with Crippen LogP contribution in [0.4, 0.5) is 0 Å². The van der Waals surface area contributed by atoms with Crippen molar-refractivity contribution >= 4 is 19.8 Å². The smallest absolute Gasteiger partial charge is 0.462 e. The maximum atomic E-state index is 12.6. The van der Waals surface area contributed by atoms with Crippen molar-refractivity contribution in [2.24, 2.45) is 5.73 Å². The van der Waals surface area contributed by atoms with Crippen molar-refractivity contribution in [2.75, 3.05) is 26.4 Å². The SMILES string of the molecule is CC/C=C\C/C=C\C/C=C\C/C=C\C/C=C\C=C/C(O)CCC(=O)OC[C@H](COP(=O)(O)OCCN)OC(=O)CCCCCCCCC/C=C\CCCCCC. The number of phosphoric acid groups is 1. The Labute approximate surface area is 339 Å². The summed E-state index contributed by atoms with van der Waals surface area (Å²) in [4.78, 5) is 34.9. The highest BCUT2D eigenvalue weighted by Gasteiger charge is 2.26. The number of aliphatic hydroxyl groups is 1. The molecule has 0 bridgehead atoms. The summed E-state index contributed by atoms with van der Waals surface area (Å²) in [5.41, 5.74) is 5.33. The summed E-state index contributed by atoms with van der Waals surface area (Å²) in [7, 11) is -4.44. The zero-order chi connectivity index (χ0) is 41.2. The van der Waals surface area contributed by atoms with Crippen molar-refractivity contribution in [1.29, 1.82) is 0 Å². The average molecular weight is 806 g/mol. The Morgan fingerprint density at radius 2 is 1.20 bits per heavy atom. The quantitative estimate of drug-likeness (QED) is 0.0180. The number of aliphatic hydroxyl groups excluding tert-OH is 1. The fourth-order valence-corrected chi connectivity index (χ4v) is 5.97. The van der Waals surface area contributed by atoms with Crippen molar-refractivity contribution in [3.63, 3.8) is 0 Å². The lowest BCUT2D eigenvalue weighted by Gasteiger charge is -2.20. The third-order valence-electron chi connectivity index (χ3n) is 8.38. The van der Waals surface area contributed by atoms with Crippen molar-refractivity contribution < 1.29 is 42.7 Å². The molecule has 0 aliphatic heterocycles. The number of phosphoric ester groups is 1. The Kier molecular flexibility index (Phi) is 38.3. The monoisotopic (exact) mass is 806 g/mol. The molecular formula is C45H76NO9P. The molecule has 0 saturated heterocycles. The summed E-state index contributed by atoms with van der Waals surface area (Å²) in [6.45, 7) is 3.30. The van der Waals surface area contributed by atoms with Gasteiger partial charge in [0.2, 0.25) is 0 Å². The van der Waals surface area contributed by atoms with E-state index in [-0.39, 0.29) is 39.0 Å². The van der Waals surface area contributed by atoms with Crippen molar-refractivity contribution in [3.05, 3.63) is 85.1 Å². The van der Waals surface area contributed by atoms with Gasteiger partial charge in [0.25, 0.3) is 0 Å². The van der Waals surface area contributed by atoms with Crippen LogP contribution in [-0.4, -0.2) is 60.5 Å². The number of nitrogens with two attached hydrogens (primary N) is 1. The summed E-state index contributed by atoms with van der Waals surface area (Å²) in [6.07, 6.45) is 46.6. The number of allylic oxidation sites excluding steroid dienone is 13. The molecule has 0 amide bonds. The molecule has 0 fully saturated rings. The summed E-state index contributed by atoms with van der Waals surface area (Å²) in [5.74, 6) is -1.12. The predicted molar refractivity (Wildman–Crippen MR) is 230 cm³/mol. The fourth-order valence-electron chi connectivity index (χ4n) is 5.21. The van der Waals surface area contributed by atoms with Gasteiger partial charge in [0.1, 0.15) is 6.61 Å². The summed E-state index contributed by atoms with van der Waals surface area (Å²) >= 11 is 0. The van der Waals surface area contributed by atoms with E-state index in [2.05, 4.69) is 74.6 Å². The summed E-state index contributed by atoms with van der Waals surface area (Å²) in [6, 6.07) is 0. The van der Waals surface area contributed by atoms with Crippen LogP contribution in [0.2, 0.25) is 0 Å². The zero-order valence-electron chi connectivity index (χ0n) is 34.7. The second kappa shape index (κ2) is 40.4. The van der Waals surface area contributed by atoms with Crippen LogP contribution in [0.5, 0.6) is 0 Å². The first-order chi connectivity index (χ1) is 27.2. The molecule has 0 heterocycles. The fraction of sp³-hybridized carbons (Fsp3) is 0.644. The third kappa shape index (κ3) is 39.4. The van der Waals surface area contributed by atoms with Crippen LogP contribution >= 0.6 is 7.82 Å². The van der Waals surface area contributed by atoms with Gasteiger partial charge in [-0.25, -0.2) is 4.57 Å². The minimum Gasteiger partial charge on any atom is -0.462 e. The number of esters is 2. The molecule has 0 aromatic rings. The highest BCUT2D eigenvalue weighted by Crippen LogP contribution is 2.43. The van der Waals surface area contributed by atoms with Crippen LogP contribution < -0.4 is 5.73 Å². The van der Waals surface area contributed by atoms with E-state index in [1.165, 1.54) is 51.4 Å². The number of hydrogen-bond acceptors (Lipinski definition) is 9. The van der Waals surface area contributed by atoms with Gasteiger partial charge in [0.15, 0.2) is 6.10 Å². The number of hydrogen-bond donors (Lipinski definition) is 3. The molecule has 320 valence electrons. The van der Waals surface area contributed by atoms with Gasteiger partial charge in [-0.15, -0.1) is 0 Å². The van der Waals surface area contributed by atoms with E-state index < -0.39 is 38.6 Å². The standard InChI is InChI=1S/C45H76NO9P/c1-3-5-7-9-11-13-15-17-19-21-22-24-26-28-30-32-34-42(47)36-37-44(48)52-40-43(41-54-56(50,51)53-39-38-46)55-45(49)35-33-31-29-27-25-23-20-18-16-14-12-10-8-6-4-2/h5,7,11,13-14,16-17,19,22,24,28,30,32,34,42-43,47H,3-4,6,8-10,12,15,18,20-21,23,25-27,29,31,33,35-41,46H2,1-2H3,(H,50,51)/b7-5-,13-11-,16-14-,19-17-,24-22-,30-28-,34-32-/t42?,43-/m1/s1. The first kappa shape index (κ1) is 53.1. The van der Waals surface area contributed by atoms with Crippen LogP contribution in [0.15, 0.2) is 85.1 Å². The molecule has 3 atom stereocenters. The number of unbranched alkanes of at least 4 members (excludes halogenated alkanes) is 11. The lowest BCUT2D eigenvalue weighted by Crippen LogP contribution is -2.29. The second-order valence-corrected chi connectivity index (χ2v) is 15.1. The van der Waals surface area contributed by atoms with Crippen molar-refractivity contribution in [2.45, 2.75) is 161 Å². The zero-order valence-corrected chi connectivity index (χ0v) is 35.6. The van der Waals surface area contributed by atoms with Crippen molar-refractivity contribution in [1.82, 2.24) is 0 Å². The van der Waals surface area contributed by atoms with Crippen LogP contribution in [0.25, 0.3) is 0 Å². The number of ether oxygens (including phenoxy) is 2. The highest BCUT2D eigenvalue weighted by atomic mass is 31.2. The van der Waals surface area contributed by atoms with Gasteiger partial charge in [0, 0.05) is 19.4 Å². The van der Waals surface area contributed by atoms with Crippen LogP contribution in [0, 0.1) is 0 Å². The van der Waals surface area contributed by atoms with E-state index in [1.807, 2.05) is 12.2 Å². The molecule has 2 unspecified atom stereocenters. The van der Waals surface area contributed by atoms with Gasteiger partial charge >= 0.3 is 19.8 Å². The van der Waals surface area contributed by atoms with Gasteiger partial charge in [-0.05, 0) is 70.6 Å². The highest BCUT2D eigenvalue weighted by molar-refractivity contribution is 7.47. The van der Waals surface area contributed by atoms with E-state index in [0.29, 0.717) is 6.42 Å². The minimum absolute atomic E-state index is 0.0178. The van der Waals surface area contributed by atoms with E-state index in [4.69, 9.17) is 24.3 Å². The Bertz CT molecular complexity index is 1210. The molecule has 0 rings (SSSR count). The molecular weight excluding hydrogens is 729 g/mol. The lowest BCUT2D eigenvalue weighted by atomic mass is 10.1. The Hall–Kier alpha value is -2.85. The maximum Gasteiger partial charge on any atom is 0.472 e. The first-order valence-corrected chi connectivity index (χ1v) is 22.7. The molecule has 11 heteroatoms. The van der Waals surface area contributed by atoms with Gasteiger partial charge in [0.05, 0.1) is 19.3 Å². The third-order valence-corrected chi connectivity index (χ3v) is 9.37. The molecule has 0 radical (unpaired) electrons. The molecule has 0 aromatic carbocycles. The van der Waals surface area contributed by atoms with E-state index >= 15 is 0 Å². The Balaban J connectivity index is 4.43. The largest absolute Gasteiger partial charge is 0.472 e. The first-order valence-electron chi connectivity index (χ1n) is 21.2. The van der Waals surface area contributed by atoms with Gasteiger partial charge in [-0.2, -0.15) is 0 Å². The van der Waals surface area contributed by atoms with Crippen LogP contribution in [0.1, 0.15) is 149 Å². The topological polar surface area (TPSA) is 155 Å². The van der Waals surface area contributed by atoms with Crippen LogP contribution in [0.3, 0.4) is 0 Å². The lowest BCUT2D eigenvalue weighted by molar-refractivity contribution is -0.161. The average Bonchev–Trinajstić information content (AvgIpc) is 3.18. The molecule has 0 saturated carbocycles. The summed E-state index contributed by atoms with van der Waals surface area (Å²) in [5, 5.41) is 10.3. The predicted octanol–water partition coefficient (Wildman–Crippen LogP) is 11.0. The van der Waals surface area contributed by atoms with E-state index in [0.717, 1.165) is 57.8 Å². The van der Waals surface area contributed by atoms with Crippen molar-refractivity contribution in [3.8, 4) is 0 Å². The van der Waals surface area contributed by atoms with Gasteiger partial charge < -0.3 is 25.2 Å². The second-order valence-electron chi connectivity index (χ2n) is 13.7. The van der Waals surface area contributed by atoms with Gasteiger partial charge in [-0.1, -0.05) is 150 Å². The molecule has 10 nitrogen and oxygen atoms in total. The number of rotatable bonds is 38. The number of carbonyl (C=O) groups is 2. The number of carbonyl (C=O) groups excluding carboxylic acids is 2. The van der Waals surface area contributed by atoms with E-state index in [9.17, 15) is 24.2 Å². The molecule has 0 aliphatic carbocycles. The van der Waals surface area contributed by atoms with Gasteiger partial charge in [-0.3, -0.25) is 18.6 Å². The van der Waals surface area contributed by atoms with Crippen LogP contribution in [-0.2, 0) is 32.7 Å². The minimum atomic E-state index is -4.44. The molecule has 0 aliphatic rings. The molecule has 56 heavy (non-hydrogen) atoms. The van der Waals surface area contributed by atoms with E-state index in [1.54, 1.807) is 12.2 Å².